The largest absolute Gasteiger partial charge is 0.483 e. The summed E-state index contributed by atoms with van der Waals surface area (Å²) in [5.41, 5.74) is 4.45. The van der Waals surface area contributed by atoms with Crippen LogP contribution in [0.4, 0.5) is 0 Å². The van der Waals surface area contributed by atoms with Gasteiger partial charge in [-0.25, -0.2) is 0 Å². The molecule has 3 rings (SSSR count). The van der Waals surface area contributed by atoms with Crippen LogP contribution in [0.15, 0.2) is 36.4 Å². The normalized spacial score (nSPS) is 16.4. The van der Waals surface area contributed by atoms with Crippen molar-refractivity contribution >= 4 is 17.5 Å². The van der Waals surface area contributed by atoms with Gasteiger partial charge in [0.1, 0.15) is 5.75 Å². The van der Waals surface area contributed by atoms with E-state index in [-0.39, 0.29) is 18.6 Å². The molecule has 3 nitrogen and oxygen atoms in total. The number of carbonyl (C=O) groups is 1. The molecule has 1 unspecified atom stereocenters. The monoisotopic (exact) mass is 343 g/mol. The van der Waals surface area contributed by atoms with Crippen LogP contribution in [0.2, 0.25) is 5.02 Å². The minimum Gasteiger partial charge on any atom is -0.483 e. The van der Waals surface area contributed by atoms with Gasteiger partial charge in [0.25, 0.3) is 5.91 Å². The molecule has 0 spiro atoms. The number of ether oxygens (including phenoxy) is 1. The maximum absolute atomic E-state index is 12.3. The molecule has 126 valence electrons. The molecule has 0 radical (unpaired) electrons. The van der Waals surface area contributed by atoms with Gasteiger partial charge in [-0.05, 0) is 67.5 Å². The van der Waals surface area contributed by atoms with Crippen molar-refractivity contribution in [2.24, 2.45) is 0 Å². The topological polar surface area (TPSA) is 38.3 Å². The summed E-state index contributed by atoms with van der Waals surface area (Å²) in [5.74, 6) is 0.643. The van der Waals surface area contributed by atoms with E-state index < -0.39 is 0 Å². The molecule has 1 aliphatic rings. The highest BCUT2D eigenvalue weighted by atomic mass is 35.5. The van der Waals surface area contributed by atoms with Crippen molar-refractivity contribution in [3.63, 3.8) is 0 Å². The Labute approximate surface area is 148 Å². The fourth-order valence-electron chi connectivity index (χ4n) is 3.40. The molecule has 1 atom stereocenters. The second-order valence-corrected chi connectivity index (χ2v) is 6.80. The van der Waals surface area contributed by atoms with Crippen LogP contribution < -0.4 is 10.1 Å². The highest BCUT2D eigenvalue weighted by Gasteiger charge is 2.21. The number of halogens is 1. The average Bonchev–Trinajstić information content (AvgIpc) is 2.54. The van der Waals surface area contributed by atoms with Crippen molar-refractivity contribution in [2.45, 2.75) is 39.2 Å². The van der Waals surface area contributed by atoms with Crippen molar-refractivity contribution in [3.8, 4) is 5.75 Å². The molecular weight excluding hydrogens is 322 g/mol. The Bertz CT molecular complexity index is 734. The molecule has 24 heavy (non-hydrogen) atoms. The summed E-state index contributed by atoms with van der Waals surface area (Å²) in [6.45, 7) is 3.88. The number of amides is 1. The lowest BCUT2D eigenvalue weighted by Gasteiger charge is -2.26. The highest BCUT2D eigenvalue weighted by Crippen LogP contribution is 2.30. The first-order chi connectivity index (χ1) is 11.5. The fourth-order valence-corrected chi connectivity index (χ4v) is 3.73. The number of carbonyl (C=O) groups excluding carboxylic acids is 1. The van der Waals surface area contributed by atoms with Gasteiger partial charge in [0, 0.05) is 5.02 Å². The Balaban J connectivity index is 1.63. The number of hydrogen-bond donors (Lipinski definition) is 1. The van der Waals surface area contributed by atoms with E-state index in [2.05, 4.69) is 23.5 Å². The van der Waals surface area contributed by atoms with Gasteiger partial charge in [-0.2, -0.15) is 0 Å². The molecule has 0 saturated heterocycles. The summed E-state index contributed by atoms with van der Waals surface area (Å²) in [5, 5.41) is 3.79. The zero-order valence-electron chi connectivity index (χ0n) is 14.1. The van der Waals surface area contributed by atoms with Gasteiger partial charge in [0.15, 0.2) is 6.61 Å². The second-order valence-electron chi connectivity index (χ2n) is 6.37. The fraction of sp³-hybridized carbons (Fsp3) is 0.350. The molecule has 0 aromatic heterocycles. The minimum absolute atomic E-state index is 0.0159. The maximum Gasteiger partial charge on any atom is 0.258 e. The molecule has 2 aromatic carbocycles. The van der Waals surface area contributed by atoms with Gasteiger partial charge < -0.3 is 10.1 Å². The number of hydrogen-bond acceptors (Lipinski definition) is 2. The molecular formula is C20H22ClNO2. The molecule has 1 amide bonds. The van der Waals surface area contributed by atoms with E-state index in [0.717, 1.165) is 36.1 Å². The van der Waals surface area contributed by atoms with Gasteiger partial charge in [0.2, 0.25) is 0 Å². The predicted octanol–water partition coefficient (Wildman–Crippen LogP) is 4.53. The molecule has 0 aliphatic heterocycles. The minimum atomic E-state index is -0.0922. The summed E-state index contributed by atoms with van der Waals surface area (Å²) in [7, 11) is 0. The van der Waals surface area contributed by atoms with E-state index in [9.17, 15) is 4.79 Å². The highest BCUT2D eigenvalue weighted by molar-refractivity contribution is 6.30. The van der Waals surface area contributed by atoms with Crippen molar-refractivity contribution in [3.05, 3.63) is 63.7 Å². The molecule has 0 fully saturated rings. The quantitative estimate of drug-likeness (QED) is 0.885. The van der Waals surface area contributed by atoms with E-state index in [1.807, 2.05) is 32.0 Å². The molecule has 0 heterocycles. The number of fused-ring (bicyclic) bond motifs is 1. The lowest BCUT2D eigenvalue weighted by molar-refractivity contribution is -0.124. The first kappa shape index (κ1) is 16.8. The zero-order valence-corrected chi connectivity index (χ0v) is 14.8. The summed E-state index contributed by atoms with van der Waals surface area (Å²) >= 11 is 6.03. The SMILES string of the molecule is Cc1cc(Cl)cc(C)c1OCC(=O)NC1CCCc2ccccc21. The third-order valence-electron chi connectivity index (χ3n) is 4.48. The van der Waals surface area contributed by atoms with E-state index in [1.54, 1.807) is 0 Å². The molecule has 1 aliphatic carbocycles. The smallest absolute Gasteiger partial charge is 0.258 e. The zero-order chi connectivity index (χ0) is 17.1. The Morgan fingerprint density at radius 3 is 2.71 bits per heavy atom. The van der Waals surface area contributed by atoms with E-state index >= 15 is 0 Å². The van der Waals surface area contributed by atoms with Crippen molar-refractivity contribution in [2.75, 3.05) is 6.61 Å². The summed E-state index contributed by atoms with van der Waals surface area (Å²) < 4.78 is 5.74. The van der Waals surface area contributed by atoms with Crippen LogP contribution in [-0.2, 0) is 11.2 Å². The van der Waals surface area contributed by atoms with Crippen molar-refractivity contribution < 1.29 is 9.53 Å². The number of aryl methyl sites for hydroxylation is 3. The molecule has 0 bridgehead atoms. The Hall–Kier alpha value is -2.00. The van der Waals surface area contributed by atoms with Gasteiger partial charge in [-0.15, -0.1) is 0 Å². The average molecular weight is 344 g/mol. The van der Waals surface area contributed by atoms with Crippen molar-refractivity contribution in [1.82, 2.24) is 5.32 Å². The number of rotatable bonds is 4. The van der Waals surface area contributed by atoms with Crippen LogP contribution in [-0.4, -0.2) is 12.5 Å². The van der Waals surface area contributed by atoms with Crippen LogP contribution in [0, 0.1) is 13.8 Å². The maximum atomic E-state index is 12.3. The van der Waals surface area contributed by atoms with E-state index in [4.69, 9.17) is 16.3 Å². The molecule has 2 aromatic rings. The van der Waals surface area contributed by atoms with Crippen LogP contribution in [0.25, 0.3) is 0 Å². The third-order valence-corrected chi connectivity index (χ3v) is 4.70. The van der Waals surface area contributed by atoms with Crippen molar-refractivity contribution in [1.29, 1.82) is 0 Å². The second kappa shape index (κ2) is 7.27. The van der Waals surface area contributed by atoms with Crippen LogP contribution >= 0.6 is 11.6 Å². The molecule has 1 N–H and O–H groups in total. The standard InChI is InChI=1S/C20H22ClNO2/c1-13-10-16(21)11-14(2)20(13)24-12-19(23)22-18-9-5-7-15-6-3-4-8-17(15)18/h3-4,6,8,10-11,18H,5,7,9,12H2,1-2H3,(H,22,23). The van der Waals surface area contributed by atoms with Gasteiger partial charge in [-0.1, -0.05) is 35.9 Å². The van der Waals surface area contributed by atoms with Gasteiger partial charge in [-0.3, -0.25) is 4.79 Å². The summed E-state index contributed by atoms with van der Waals surface area (Å²) in [4.78, 5) is 12.3. The third kappa shape index (κ3) is 3.73. The predicted molar refractivity (Wildman–Crippen MR) is 96.7 cm³/mol. The Morgan fingerprint density at radius 2 is 1.96 bits per heavy atom. The van der Waals surface area contributed by atoms with Gasteiger partial charge in [0.05, 0.1) is 6.04 Å². The summed E-state index contributed by atoms with van der Waals surface area (Å²) in [6, 6.07) is 12.1. The lowest BCUT2D eigenvalue weighted by atomic mass is 9.88. The Morgan fingerprint density at radius 1 is 1.25 bits per heavy atom. The van der Waals surface area contributed by atoms with E-state index in [0.29, 0.717) is 5.02 Å². The van der Waals surface area contributed by atoms with Crippen LogP contribution in [0.3, 0.4) is 0 Å². The Kier molecular flexibility index (Phi) is 5.10. The van der Waals surface area contributed by atoms with Gasteiger partial charge >= 0.3 is 0 Å². The first-order valence-corrected chi connectivity index (χ1v) is 8.69. The number of benzene rings is 2. The van der Waals surface area contributed by atoms with Crippen LogP contribution in [0.1, 0.15) is 41.1 Å². The first-order valence-electron chi connectivity index (χ1n) is 8.31. The van der Waals surface area contributed by atoms with Crippen LogP contribution in [0.5, 0.6) is 5.75 Å². The number of nitrogens with one attached hydrogen (secondary N) is 1. The molecule has 0 saturated carbocycles. The lowest BCUT2D eigenvalue weighted by Crippen LogP contribution is -2.34. The molecule has 4 heteroatoms. The van der Waals surface area contributed by atoms with E-state index in [1.165, 1.54) is 11.1 Å². The summed E-state index contributed by atoms with van der Waals surface area (Å²) in [6.07, 6.45) is 3.15.